The number of halogens is 3. The zero-order valence-electron chi connectivity index (χ0n) is 13.7. The Kier molecular flexibility index (Phi) is 6.17. The van der Waals surface area contributed by atoms with E-state index < -0.39 is 5.91 Å². The molecule has 2 aromatic carbocycles. The summed E-state index contributed by atoms with van der Waals surface area (Å²) in [5.74, 6) is 0.470. The second-order valence-corrected chi connectivity index (χ2v) is 7.64. The molecule has 134 valence electrons. The van der Waals surface area contributed by atoms with Crippen molar-refractivity contribution in [1.82, 2.24) is 0 Å². The highest BCUT2D eigenvalue weighted by molar-refractivity contribution is 9.10. The number of nitrogens with one attached hydrogen (secondary N) is 1. The van der Waals surface area contributed by atoms with E-state index >= 15 is 0 Å². The third kappa shape index (κ3) is 4.89. The largest absolute Gasteiger partial charge is 0.457 e. The number of benzene rings is 2. The van der Waals surface area contributed by atoms with Gasteiger partial charge in [0.15, 0.2) is 0 Å². The molecule has 3 aromatic rings. The standard InChI is InChI=1S/C20H11Br2ClN2O2/c21-14-2-4-15(5-3-14)25-20(26)13(11-24)9-16-6-8-19(27-16)12-1-7-17(22)18(23)10-12/h1-10H,(H,25,26)/b13-9-. The molecule has 7 heteroatoms. The Bertz CT molecular complexity index is 1070. The van der Waals surface area contributed by atoms with Crippen molar-refractivity contribution in [3.8, 4) is 17.4 Å². The quantitative estimate of drug-likeness (QED) is 0.317. The molecule has 3 rings (SSSR count). The topological polar surface area (TPSA) is 66.0 Å². The molecule has 0 unspecified atom stereocenters. The minimum atomic E-state index is -0.510. The molecule has 1 aromatic heterocycles. The van der Waals surface area contributed by atoms with E-state index in [1.807, 2.05) is 18.2 Å². The van der Waals surface area contributed by atoms with Crippen molar-refractivity contribution < 1.29 is 9.21 Å². The van der Waals surface area contributed by atoms with Crippen LogP contribution in [-0.2, 0) is 4.79 Å². The molecule has 1 heterocycles. The Morgan fingerprint density at radius 2 is 1.85 bits per heavy atom. The van der Waals surface area contributed by atoms with E-state index in [2.05, 4.69) is 37.2 Å². The lowest BCUT2D eigenvalue weighted by molar-refractivity contribution is -0.112. The predicted molar refractivity (Wildman–Crippen MR) is 113 cm³/mol. The van der Waals surface area contributed by atoms with Crippen LogP contribution in [0.15, 0.2) is 73.5 Å². The normalized spacial score (nSPS) is 11.1. The minimum Gasteiger partial charge on any atom is -0.457 e. The number of furan rings is 1. The molecule has 0 radical (unpaired) electrons. The fourth-order valence-electron chi connectivity index (χ4n) is 2.26. The number of hydrogen-bond donors (Lipinski definition) is 1. The van der Waals surface area contributed by atoms with E-state index in [9.17, 15) is 10.1 Å². The van der Waals surface area contributed by atoms with Gasteiger partial charge in [0.25, 0.3) is 5.91 Å². The van der Waals surface area contributed by atoms with E-state index in [1.54, 1.807) is 42.5 Å². The van der Waals surface area contributed by atoms with E-state index in [0.29, 0.717) is 22.2 Å². The first-order valence-corrected chi connectivity index (χ1v) is 9.66. The zero-order valence-corrected chi connectivity index (χ0v) is 17.6. The predicted octanol–water partition coefficient (Wildman–Crippen LogP) is 6.67. The van der Waals surface area contributed by atoms with Crippen molar-refractivity contribution >= 4 is 61.1 Å². The monoisotopic (exact) mass is 504 g/mol. The Balaban J connectivity index is 1.80. The first kappa shape index (κ1) is 19.4. The molecule has 4 nitrogen and oxygen atoms in total. The van der Waals surface area contributed by atoms with Gasteiger partial charge in [0.05, 0.1) is 5.02 Å². The number of anilines is 1. The van der Waals surface area contributed by atoms with E-state index in [1.165, 1.54) is 6.08 Å². The summed E-state index contributed by atoms with van der Waals surface area (Å²) in [6, 6.07) is 17.9. The van der Waals surface area contributed by atoms with Crippen molar-refractivity contribution in [1.29, 1.82) is 5.26 Å². The number of carbonyl (C=O) groups excluding carboxylic acids is 1. The van der Waals surface area contributed by atoms with Crippen LogP contribution < -0.4 is 5.32 Å². The summed E-state index contributed by atoms with van der Waals surface area (Å²) in [5.41, 5.74) is 1.32. The second kappa shape index (κ2) is 8.57. The summed E-state index contributed by atoms with van der Waals surface area (Å²) < 4.78 is 7.41. The van der Waals surface area contributed by atoms with Gasteiger partial charge in [0, 0.05) is 26.3 Å². The van der Waals surface area contributed by atoms with Gasteiger partial charge >= 0.3 is 0 Å². The molecule has 0 atom stereocenters. The summed E-state index contributed by atoms with van der Waals surface area (Å²) in [4.78, 5) is 12.3. The minimum absolute atomic E-state index is 0.0624. The molecule has 0 fully saturated rings. The Morgan fingerprint density at radius 3 is 2.52 bits per heavy atom. The molecule has 1 amide bonds. The fourth-order valence-corrected chi connectivity index (χ4v) is 2.95. The van der Waals surface area contributed by atoms with E-state index in [-0.39, 0.29) is 5.57 Å². The summed E-state index contributed by atoms with van der Waals surface area (Å²) in [6.45, 7) is 0. The third-order valence-corrected chi connectivity index (χ3v) is 5.35. The summed E-state index contributed by atoms with van der Waals surface area (Å²) in [5, 5.41) is 12.6. The number of amides is 1. The van der Waals surface area contributed by atoms with Crippen LogP contribution in [0.3, 0.4) is 0 Å². The van der Waals surface area contributed by atoms with E-state index in [0.717, 1.165) is 14.5 Å². The lowest BCUT2D eigenvalue weighted by atomic mass is 10.2. The number of rotatable bonds is 4. The van der Waals surface area contributed by atoms with Crippen LogP contribution in [-0.4, -0.2) is 5.91 Å². The number of nitrogens with zero attached hydrogens (tertiary/aromatic N) is 1. The van der Waals surface area contributed by atoms with Gasteiger partial charge in [0.2, 0.25) is 0 Å². The van der Waals surface area contributed by atoms with Crippen molar-refractivity contribution in [3.63, 3.8) is 0 Å². The van der Waals surface area contributed by atoms with Gasteiger partial charge in [-0.1, -0.05) is 33.6 Å². The highest BCUT2D eigenvalue weighted by atomic mass is 79.9. The Hall–Kier alpha value is -2.33. The van der Waals surface area contributed by atoms with Crippen LogP contribution in [0.1, 0.15) is 5.76 Å². The highest BCUT2D eigenvalue weighted by Crippen LogP contribution is 2.30. The molecule has 0 saturated carbocycles. The third-order valence-electron chi connectivity index (χ3n) is 3.58. The smallest absolute Gasteiger partial charge is 0.266 e. The summed E-state index contributed by atoms with van der Waals surface area (Å²) in [7, 11) is 0. The molecule has 0 spiro atoms. The van der Waals surface area contributed by atoms with Crippen LogP contribution in [0.2, 0.25) is 5.02 Å². The molecular formula is C20H11Br2ClN2O2. The molecule has 0 aliphatic rings. The molecule has 1 N–H and O–H groups in total. The molecule has 0 saturated heterocycles. The molecule has 0 aliphatic heterocycles. The van der Waals surface area contributed by atoms with Crippen molar-refractivity contribution in [2.75, 3.05) is 5.32 Å². The Morgan fingerprint density at radius 1 is 1.11 bits per heavy atom. The first-order valence-electron chi connectivity index (χ1n) is 7.70. The number of nitriles is 1. The van der Waals surface area contributed by atoms with Crippen LogP contribution in [0.25, 0.3) is 17.4 Å². The number of hydrogen-bond acceptors (Lipinski definition) is 3. The maximum atomic E-state index is 12.3. The van der Waals surface area contributed by atoms with Gasteiger partial charge in [-0.25, -0.2) is 0 Å². The van der Waals surface area contributed by atoms with Gasteiger partial charge in [-0.3, -0.25) is 4.79 Å². The van der Waals surface area contributed by atoms with Crippen LogP contribution in [0.5, 0.6) is 0 Å². The highest BCUT2D eigenvalue weighted by Gasteiger charge is 2.12. The first-order chi connectivity index (χ1) is 13.0. The molecule has 27 heavy (non-hydrogen) atoms. The van der Waals surface area contributed by atoms with Crippen LogP contribution in [0, 0.1) is 11.3 Å². The van der Waals surface area contributed by atoms with Crippen molar-refractivity contribution in [2.45, 2.75) is 0 Å². The average molecular weight is 507 g/mol. The van der Waals surface area contributed by atoms with E-state index in [4.69, 9.17) is 16.0 Å². The molecular weight excluding hydrogens is 495 g/mol. The van der Waals surface area contributed by atoms with Crippen LogP contribution >= 0.6 is 43.5 Å². The SMILES string of the molecule is N#C/C(=C/c1ccc(-c2ccc(Br)c(Cl)c2)o1)C(=O)Nc1ccc(Br)cc1. The van der Waals surface area contributed by atoms with Gasteiger partial charge in [-0.05, 0) is 64.5 Å². The lowest BCUT2D eigenvalue weighted by Gasteiger charge is -2.04. The Labute approximate surface area is 177 Å². The average Bonchev–Trinajstić information content (AvgIpc) is 3.12. The summed E-state index contributed by atoms with van der Waals surface area (Å²) >= 11 is 12.8. The van der Waals surface area contributed by atoms with Crippen molar-refractivity contribution in [2.24, 2.45) is 0 Å². The second-order valence-electron chi connectivity index (χ2n) is 5.46. The maximum absolute atomic E-state index is 12.3. The lowest BCUT2D eigenvalue weighted by Crippen LogP contribution is -2.13. The summed E-state index contributed by atoms with van der Waals surface area (Å²) in [6.07, 6.45) is 1.40. The maximum Gasteiger partial charge on any atom is 0.266 e. The number of carbonyl (C=O) groups is 1. The van der Waals surface area contributed by atoms with Crippen molar-refractivity contribution in [3.05, 3.63) is 79.9 Å². The van der Waals surface area contributed by atoms with Gasteiger partial charge in [0.1, 0.15) is 23.2 Å². The van der Waals surface area contributed by atoms with Gasteiger partial charge in [-0.15, -0.1) is 0 Å². The molecule has 0 bridgehead atoms. The molecule has 0 aliphatic carbocycles. The fraction of sp³-hybridized carbons (Fsp3) is 0. The van der Waals surface area contributed by atoms with Crippen LogP contribution in [0.4, 0.5) is 5.69 Å². The van der Waals surface area contributed by atoms with Gasteiger partial charge in [-0.2, -0.15) is 5.26 Å². The zero-order chi connectivity index (χ0) is 19.4. The van der Waals surface area contributed by atoms with Gasteiger partial charge < -0.3 is 9.73 Å².